The first-order chi connectivity index (χ1) is 13.5. The Morgan fingerprint density at radius 3 is 2.79 bits per heavy atom. The predicted molar refractivity (Wildman–Crippen MR) is 103 cm³/mol. The van der Waals surface area contributed by atoms with Crippen molar-refractivity contribution in [3.8, 4) is 11.9 Å². The molecule has 6 nitrogen and oxygen atoms in total. The van der Waals surface area contributed by atoms with Crippen LogP contribution < -0.4 is 10.1 Å². The highest BCUT2D eigenvalue weighted by Crippen LogP contribution is 2.23. The molecule has 8 heteroatoms. The van der Waals surface area contributed by atoms with Gasteiger partial charge in [0.25, 0.3) is 0 Å². The van der Waals surface area contributed by atoms with Gasteiger partial charge in [0.15, 0.2) is 6.19 Å². The topological polar surface area (TPSA) is 73.0 Å². The Hall–Kier alpha value is -3.47. The molecule has 1 aliphatic heterocycles. The maximum Gasteiger partial charge on any atom is 0.387 e. The molecule has 0 fully saturated rings. The molecule has 0 radical (unpaired) electrons. The SMILES string of the molecule is Cc1ccc(C2=NN(C(=Nc3cccc(OC(F)F)c3)NC#N)CC2)cc1C. The van der Waals surface area contributed by atoms with Gasteiger partial charge in [0.1, 0.15) is 5.75 Å². The number of nitrogens with one attached hydrogen (secondary N) is 1. The standard InChI is InChI=1S/C20H19F2N5O/c1-13-6-7-15(10-14(13)2)18-8-9-27(26-18)20(24-12-23)25-16-4-3-5-17(11-16)28-19(21)22/h3-7,10-11,19H,8-9H2,1-2H3,(H,24,25). The Bertz CT molecular complexity index is 965. The number of nitriles is 1. The van der Waals surface area contributed by atoms with Crippen LogP contribution in [-0.2, 0) is 0 Å². The summed E-state index contributed by atoms with van der Waals surface area (Å²) in [5.74, 6) is 0.212. The first-order valence-corrected chi connectivity index (χ1v) is 8.67. The van der Waals surface area contributed by atoms with E-state index in [0.717, 1.165) is 11.3 Å². The Labute approximate surface area is 161 Å². The summed E-state index contributed by atoms with van der Waals surface area (Å²) in [4.78, 5) is 4.34. The fraction of sp³-hybridized carbons (Fsp3) is 0.250. The molecule has 3 rings (SSSR count). The van der Waals surface area contributed by atoms with Gasteiger partial charge < -0.3 is 4.74 Å². The van der Waals surface area contributed by atoms with Crippen LogP contribution in [0.25, 0.3) is 0 Å². The fourth-order valence-electron chi connectivity index (χ4n) is 2.79. The molecule has 0 atom stereocenters. The van der Waals surface area contributed by atoms with Crippen LogP contribution in [0.5, 0.6) is 5.75 Å². The molecule has 0 amide bonds. The molecule has 144 valence electrons. The number of benzene rings is 2. The normalized spacial score (nSPS) is 14.1. The van der Waals surface area contributed by atoms with Crippen molar-refractivity contribution in [2.75, 3.05) is 6.54 Å². The minimum absolute atomic E-state index is 0.00620. The van der Waals surface area contributed by atoms with Crippen LogP contribution in [0.15, 0.2) is 52.6 Å². The third kappa shape index (κ3) is 4.62. The number of rotatable bonds is 4. The van der Waals surface area contributed by atoms with Crippen molar-refractivity contribution >= 4 is 17.4 Å². The number of aliphatic imine (C=N–C) groups is 1. The van der Waals surface area contributed by atoms with Gasteiger partial charge in [-0.3, -0.25) is 5.32 Å². The van der Waals surface area contributed by atoms with Gasteiger partial charge in [0, 0.05) is 12.5 Å². The minimum Gasteiger partial charge on any atom is -0.435 e. The number of guanidine groups is 1. The van der Waals surface area contributed by atoms with E-state index in [1.807, 2.05) is 25.2 Å². The number of alkyl halides is 2. The van der Waals surface area contributed by atoms with Crippen molar-refractivity contribution in [3.05, 3.63) is 59.2 Å². The predicted octanol–water partition coefficient (Wildman–Crippen LogP) is 4.07. The summed E-state index contributed by atoms with van der Waals surface area (Å²) in [5.41, 5.74) is 4.67. The summed E-state index contributed by atoms with van der Waals surface area (Å²) in [5, 5.41) is 17.7. The van der Waals surface area contributed by atoms with E-state index in [2.05, 4.69) is 33.1 Å². The monoisotopic (exact) mass is 383 g/mol. The molecule has 0 saturated carbocycles. The lowest BCUT2D eigenvalue weighted by Crippen LogP contribution is -2.34. The maximum atomic E-state index is 12.4. The molecular formula is C20H19F2N5O. The Morgan fingerprint density at radius 1 is 1.25 bits per heavy atom. The van der Waals surface area contributed by atoms with E-state index in [1.165, 1.54) is 23.3 Å². The van der Waals surface area contributed by atoms with Crippen molar-refractivity contribution in [1.82, 2.24) is 10.3 Å². The average Bonchev–Trinajstić information content (AvgIpc) is 3.13. The van der Waals surface area contributed by atoms with E-state index < -0.39 is 6.61 Å². The maximum absolute atomic E-state index is 12.4. The second-order valence-electron chi connectivity index (χ2n) is 6.27. The van der Waals surface area contributed by atoms with E-state index in [0.29, 0.717) is 18.7 Å². The summed E-state index contributed by atoms with van der Waals surface area (Å²) >= 11 is 0. The zero-order chi connectivity index (χ0) is 20.1. The molecule has 28 heavy (non-hydrogen) atoms. The molecule has 1 heterocycles. The van der Waals surface area contributed by atoms with Gasteiger partial charge in [-0.2, -0.15) is 19.1 Å². The zero-order valence-electron chi connectivity index (χ0n) is 15.5. The van der Waals surface area contributed by atoms with E-state index in [9.17, 15) is 8.78 Å². The summed E-state index contributed by atoms with van der Waals surface area (Å²) in [6, 6.07) is 12.1. The van der Waals surface area contributed by atoms with E-state index >= 15 is 0 Å². The van der Waals surface area contributed by atoms with Gasteiger partial charge in [-0.05, 0) is 48.7 Å². The molecular weight excluding hydrogens is 364 g/mol. The van der Waals surface area contributed by atoms with Crippen LogP contribution in [0.3, 0.4) is 0 Å². The van der Waals surface area contributed by atoms with Crippen LogP contribution in [0, 0.1) is 25.3 Å². The van der Waals surface area contributed by atoms with Gasteiger partial charge >= 0.3 is 6.61 Å². The second kappa shape index (κ2) is 8.48. The van der Waals surface area contributed by atoms with Crippen LogP contribution in [0.4, 0.5) is 14.5 Å². The molecule has 2 aromatic rings. The van der Waals surface area contributed by atoms with E-state index in [4.69, 9.17) is 5.26 Å². The summed E-state index contributed by atoms with van der Waals surface area (Å²) in [6.07, 6.45) is 2.54. The van der Waals surface area contributed by atoms with E-state index in [1.54, 1.807) is 17.1 Å². The Balaban J connectivity index is 1.86. The lowest BCUT2D eigenvalue weighted by molar-refractivity contribution is -0.0498. The van der Waals surface area contributed by atoms with Crippen LogP contribution in [-0.4, -0.2) is 29.8 Å². The third-order valence-electron chi connectivity index (χ3n) is 4.33. The van der Waals surface area contributed by atoms with Crippen LogP contribution >= 0.6 is 0 Å². The van der Waals surface area contributed by atoms with Gasteiger partial charge in [0.2, 0.25) is 5.96 Å². The molecule has 0 aromatic heterocycles. The largest absolute Gasteiger partial charge is 0.435 e. The number of hydrogen-bond acceptors (Lipinski definition) is 4. The smallest absolute Gasteiger partial charge is 0.387 e. The van der Waals surface area contributed by atoms with Crippen molar-refractivity contribution in [2.24, 2.45) is 10.1 Å². The summed E-state index contributed by atoms with van der Waals surface area (Å²) in [7, 11) is 0. The number of halogens is 2. The quantitative estimate of drug-likeness (QED) is 0.374. The van der Waals surface area contributed by atoms with Crippen molar-refractivity contribution in [2.45, 2.75) is 26.9 Å². The zero-order valence-corrected chi connectivity index (χ0v) is 15.5. The lowest BCUT2D eigenvalue weighted by Gasteiger charge is -2.14. The Morgan fingerprint density at radius 2 is 2.07 bits per heavy atom. The number of aryl methyl sites for hydroxylation is 2. The van der Waals surface area contributed by atoms with E-state index in [-0.39, 0.29) is 11.7 Å². The molecule has 0 aliphatic carbocycles. The second-order valence-corrected chi connectivity index (χ2v) is 6.27. The minimum atomic E-state index is -2.92. The summed E-state index contributed by atoms with van der Waals surface area (Å²) < 4.78 is 29.2. The molecule has 1 aliphatic rings. The van der Waals surface area contributed by atoms with Crippen LogP contribution in [0.1, 0.15) is 23.1 Å². The molecule has 0 saturated heterocycles. The number of ether oxygens (including phenoxy) is 1. The van der Waals surface area contributed by atoms with Gasteiger partial charge in [0.05, 0.1) is 17.9 Å². The first-order valence-electron chi connectivity index (χ1n) is 8.67. The highest BCUT2D eigenvalue weighted by atomic mass is 19.3. The molecule has 0 bridgehead atoms. The Kier molecular flexibility index (Phi) is 5.84. The van der Waals surface area contributed by atoms with Gasteiger partial charge in [-0.1, -0.05) is 18.2 Å². The fourth-order valence-corrected chi connectivity index (χ4v) is 2.79. The molecule has 0 spiro atoms. The summed E-state index contributed by atoms with van der Waals surface area (Å²) in [6.45, 7) is 1.72. The van der Waals surface area contributed by atoms with Crippen molar-refractivity contribution < 1.29 is 13.5 Å². The highest BCUT2D eigenvalue weighted by Gasteiger charge is 2.21. The number of hydrogen-bond donors (Lipinski definition) is 1. The van der Waals surface area contributed by atoms with Crippen LogP contribution in [0.2, 0.25) is 0 Å². The average molecular weight is 383 g/mol. The van der Waals surface area contributed by atoms with Crippen molar-refractivity contribution in [1.29, 1.82) is 5.26 Å². The highest BCUT2D eigenvalue weighted by molar-refractivity contribution is 6.03. The third-order valence-corrected chi connectivity index (χ3v) is 4.33. The van der Waals surface area contributed by atoms with Gasteiger partial charge in [-0.15, -0.1) is 0 Å². The first kappa shape index (κ1) is 19.3. The van der Waals surface area contributed by atoms with Crippen molar-refractivity contribution in [3.63, 3.8) is 0 Å². The number of nitrogens with zero attached hydrogens (tertiary/aromatic N) is 4. The lowest BCUT2D eigenvalue weighted by atomic mass is 10.0. The number of hydrazone groups is 1. The van der Waals surface area contributed by atoms with Gasteiger partial charge in [-0.25, -0.2) is 10.0 Å². The molecule has 0 unspecified atom stereocenters. The molecule has 2 aromatic carbocycles. The molecule has 1 N–H and O–H groups in total.